The summed E-state index contributed by atoms with van der Waals surface area (Å²) in [7, 11) is -4.51. The standard InChI is InChI=1S/C4H12O7P2/c1-8-12(6,4-5)11-13(7,9-2)10-3/h5H,4H2,1-3H3. The lowest BCUT2D eigenvalue weighted by atomic mass is 11.7. The van der Waals surface area contributed by atoms with Gasteiger partial charge in [-0.25, -0.2) is 8.88 Å². The number of phosphoric ester groups is 1. The third-order valence-electron chi connectivity index (χ3n) is 1.12. The zero-order chi connectivity index (χ0) is 10.5. The van der Waals surface area contributed by atoms with Crippen molar-refractivity contribution in [2.45, 2.75) is 0 Å². The Morgan fingerprint density at radius 3 is 1.77 bits per heavy atom. The van der Waals surface area contributed by atoms with Crippen LogP contribution in [0.3, 0.4) is 0 Å². The molecule has 0 spiro atoms. The summed E-state index contributed by atoms with van der Waals surface area (Å²) in [6.45, 7) is 0. The van der Waals surface area contributed by atoms with Crippen LogP contribution in [0.2, 0.25) is 0 Å². The van der Waals surface area contributed by atoms with E-state index >= 15 is 0 Å². The molecule has 0 fully saturated rings. The Hall–Kier alpha value is 0.260. The highest BCUT2D eigenvalue weighted by Crippen LogP contribution is 2.63. The van der Waals surface area contributed by atoms with Gasteiger partial charge in [0.25, 0.3) is 0 Å². The van der Waals surface area contributed by atoms with Crippen molar-refractivity contribution in [2.24, 2.45) is 0 Å². The van der Waals surface area contributed by atoms with Gasteiger partial charge in [0.05, 0.1) is 0 Å². The summed E-state index contributed by atoms with van der Waals surface area (Å²) < 4.78 is 39.9. The summed E-state index contributed by atoms with van der Waals surface area (Å²) in [5.41, 5.74) is 0. The lowest BCUT2D eigenvalue weighted by Gasteiger charge is -2.18. The molecule has 0 heterocycles. The van der Waals surface area contributed by atoms with Crippen LogP contribution in [0.5, 0.6) is 0 Å². The predicted octanol–water partition coefficient (Wildman–Crippen LogP) is 1.19. The summed E-state index contributed by atoms with van der Waals surface area (Å²) in [5.74, 6) is 0. The van der Waals surface area contributed by atoms with Gasteiger partial charge in [0.1, 0.15) is 6.35 Å². The number of phosphoric acid groups is 1. The molecule has 9 heteroatoms. The molecule has 0 saturated carbocycles. The first kappa shape index (κ1) is 13.3. The molecule has 0 aliphatic heterocycles. The first-order valence-electron chi connectivity index (χ1n) is 3.14. The quantitative estimate of drug-likeness (QED) is 0.690. The lowest BCUT2D eigenvalue weighted by molar-refractivity contribution is 0.185. The van der Waals surface area contributed by atoms with E-state index < -0.39 is 21.8 Å². The fourth-order valence-corrected chi connectivity index (χ4v) is 2.90. The van der Waals surface area contributed by atoms with Gasteiger partial charge in [-0.15, -0.1) is 0 Å². The first-order valence-corrected chi connectivity index (χ1v) is 6.32. The molecule has 0 aromatic carbocycles. The minimum atomic E-state index is -3.88. The first-order chi connectivity index (χ1) is 5.95. The van der Waals surface area contributed by atoms with Gasteiger partial charge in [-0.1, -0.05) is 0 Å². The van der Waals surface area contributed by atoms with Gasteiger partial charge in [-0.2, -0.15) is 0 Å². The molecular weight excluding hydrogens is 222 g/mol. The molecule has 0 radical (unpaired) electrons. The van der Waals surface area contributed by atoms with Crippen molar-refractivity contribution in [1.29, 1.82) is 0 Å². The minimum Gasteiger partial charge on any atom is -0.384 e. The average Bonchev–Trinajstić information content (AvgIpc) is 2.17. The smallest absolute Gasteiger partial charge is 0.384 e. The number of hydrogen-bond donors (Lipinski definition) is 1. The molecule has 7 nitrogen and oxygen atoms in total. The van der Waals surface area contributed by atoms with Gasteiger partial charge in [0, 0.05) is 21.3 Å². The van der Waals surface area contributed by atoms with E-state index in [2.05, 4.69) is 17.9 Å². The molecule has 0 aromatic heterocycles. The highest BCUT2D eigenvalue weighted by atomic mass is 31.3. The van der Waals surface area contributed by atoms with Gasteiger partial charge in [-0.3, -0.25) is 13.6 Å². The lowest BCUT2D eigenvalue weighted by Crippen LogP contribution is -1.98. The second-order valence-corrected chi connectivity index (χ2v) is 5.98. The van der Waals surface area contributed by atoms with Crippen LogP contribution in [0.15, 0.2) is 0 Å². The molecule has 1 unspecified atom stereocenters. The van der Waals surface area contributed by atoms with Crippen molar-refractivity contribution in [2.75, 3.05) is 27.7 Å². The van der Waals surface area contributed by atoms with Gasteiger partial charge >= 0.3 is 15.4 Å². The summed E-state index contributed by atoms with van der Waals surface area (Å²) in [6, 6.07) is 0. The monoisotopic (exact) mass is 234 g/mol. The SMILES string of the molecule is COP(=O)(CO)OP(=O)(OC)OC. The van der Waals surface area contributed by atoms with E-state index in [9.17, 15) is 9.13 Å². The Morgan fingerprint density at radius 2 is 1.54 bits per heavy atom. The summed E-state index contributed by atoms with van der Waals surface area (Å²) in [6.07, 6.45) is -0.903. The van der Waals surface area contributed by atoms with E-state index in [-0.39, 0.29) is 0 Å². The van der Waals surface area contributed by atoms with Gasteiger partial charge in [0.15, 0.2) is 0 Å². The molecule has 80 valence electrons. The van der Waals surface area contributed by atoms with Crippen LogP contribution in [-0.2, 0) is 27.0 Å². The number of aliphatic hydroxyl groups excluding tert-OH is 1. The second-order valence-electron chi connectivity index (χ2n) is 1.83. The molecule has 1 N–H and O–H groups in total. The van der Waals surface area contributed by atoms with Crippen molar-refractivity contribution in [1.82, 2.24) is 0 Å². The van der Waals surface area contributed by atoms with E-state index in [1.807, 2.05) is 0 Å². The van der Waals surface area contributed by atoms with Crippen LogP contribution in [0.1, 0.15) is 0 Å². The minimum absolute atomic E-state index is 0.903. The van der Waals surface area contributed by atoms with Crippen molar-refractivity contribution >= 4 is 15.4 Å². The van der Waals surface area contributed by atoms with Gasteiger partial charge in [0.2, 0.25) is 0 Å². The summed E-state index contributed by atoms with van der Waals surface area (Å²) in [4.78, 5) is 0. The largest absolute Gasteiger partial charge is 0.481 e. The molecule has 0 aliphatic carbocycles. The maximum absolute atomic E-state index is 11.3. The van der Waals surface area contributed by atoms with E-state index in [0.29, 0.717) is 0 Å². The normalized spacial score (nSPS) is 16.9. The number of rotatable bonds is 6. The Balaban J connectivity index is 4.57. The van der Waals surface area contributed by atoms with Gasteiger partial charge in [-0.05, 0) is 0 Å². The Kier molecular flexibility index (Phi) is 5.32. The van der Waals surface area contributed by atoms with E-state index in [4.69, 9.17) is 5.11 Å². The third kappa shape index (κ3) is 3.87. The third-order valence-corrected chi connectivity index (χ3v) is 4.72. The predicted molar refractivity (Wildman–Crippen MR) is 44.4 cm³/mol. The van der Waals surface area contributed by atoms with Crippen molar-refractivity contribution in [3.63, 3.8) is 0 Å². The molecule has 0 amide bonds. The highest BCUT2D eigenvalue weighted by molar-refractivity contribution is 7.64. The summed E-state index contributed by atoms with van der Waals surface area (Å²) >= 11 is 0. The van der Waals surface area contributed by atoms with Crippen LogP contribution < -0.4 is 0 Å². The zero-order valence-electron chi connectivity index (χ0n) is 7.50. The highest BCUT2D eigenvalue weighted by Gasteiger charge is 2.36. The maximum atomic E-state index is 11.3. The number of hydrogen-bond acceptors (Lipinski definition) is 7. The molecule has 13 heavy (non-hydrogen) atoms. The van der Waals surface area contributed by atoms with Crippen LogP contribution in [0, 0.1) is 0 Å². The van der Waals surface area contributed by atoms with Crippen LogP contribution in [0.25, 0.3) is 0 Å². The second kappa shape index (κ2) is 5.22. The maximum Gasteiger partial charge on any atom is 0.481 e. The van der Waals surface area contributed by atoms with E-state index in [1.165, 1.54) is 0 Å². The van der Waals surface area contributed by atoms with Crippen LogP contribution in [0.4, 0.5) is 0 Å². The Bertz CT molecular complexity index is 199. The molecule has 1 atom stereocenters. The topological polar surface area (TPSA) is 91.3 Å². The van der Waals surface area contributed by atoms with Crippen LogP contribution in [-0.4, -0.2) is 32.8 Å². The van der Waals surface area contributed by atoms with E-state index in [1.54, 1.807) is 0 Å². The van der Waals surface area contributed by atoms with Crippen molar-refractivity contribution < 1.29 is 32.1 Å². The van der Waals surface area contributed by atoms with Crippen molar-refractivity contribution in [3.8, 4) is 0 Å². The Labute approximate surface area is 76.1 Å². The number of aliphatic hydroxyl groups is 1. The summed E-state index contributed by atoms with van der Waals surface area (Å²) in [5, 5.41) is 8.59. The van der Waals surface area contributed by atoms with Crippen LogP contribution >= 0.6 is 15.4 Å². The molecule has 0 saturated heterocycles. The van der Waals surface area contributed by atoms with E-state index in [0.717, 1.165) is 21.3 Å². The Morgan fingerprint density at radius 1 is 1.08 bits per heavy atom. The molecule has 0 rings (SSSR count). The van der Waals surface area contributed by atoms with Crippen molar-refractivity contribution in [3.05, 3.63) is 0 Å². The zero-order valence-corrected chi connectivity index (χ0v) is 9.29. The average molecular weight is 234 g/mol. The molecule has 0 bridgehead atoms. The fourth-order valence-electron chi connectivity index (χ4n) is 0.410. The molecule has 0 aliphatic rings. The fraction of sp³-hybridized carbons (Fsp3) is 1.00. The molecular formula is C4H12O7P2. The molecule has 0 aromatic rings. The van der Waals surface area contributed by atoms with Gasteiger partial charge < -0.3 is 9.63 Å².